The molecular formula is C15H25N3O2S. The van der Waals surface area contributed by atoms with Gasteiger partial charge in [-0.2, -0.15) is 0 Å². The van der Waals surface area contributed by atoms with Gasteiger partial charge in [-0.25, -0.2) is 0 Å². The third-order valence-corrected chi connectivity index (χ3v) is 4.99. The van der Waals surface area contributed by atoms with Crippen molar-refractivity contribution in [3.05, 3.63) is 5.82 Å². The molecule has 6 heteroatoms. The Bertz CT molecular complexity index is 458. The van der Waals surface area contributed by atoms with E-state index in [0.29, 0.717) is 24.3 Å². The molecule has 0 bridgehead atoms. The van der Waals surface area contributed by atoms with Crippen LogP contribution >= 0.6 is 11.8 Å². The fraction of sp³-hybridized carbons (Fsp3) is 0.867. The van der Waals surface area contributed by atoms with Gasteiger partial charge in [0.1, 0.15) is 5.82 Å². The van der Waals surface area contributed by atoms with Crippen molar-refractivity contribution in [2.75, 3.05) is 19.0 Å². The van der Waals surface area contributed by atoms with E-state index in [1.54, 1.807) is 11.8 Å². The summed E-state index contributed by atoms with van der Waals surface area (Å²) in [5.41, 5.74) is 0. The molecule has 2 aliphatic carbocycles. The van der Waals surface area contributed by atoms with Crippen LogP contribution < -0.4 is 0 Å². The maximum Gasteiger partial charge on any atom is 0.191 e. The van der Waals surface area contributed by atoms with Crippen molar-refractivity contribution in [3.8, 4) is 0 Å². The summed E-state index contributed by atoms with van der Waals surface area (Å²) in [4.78, 5) is 0. The molecule has 2 saturated carbocycles. The quantitative estimate of drug-likeness (QED) is 0.532. The zero-order valence-corrected chi connectivity index (χ0v) is 13.5. The normalized spacial score (nSPS) is 19.9. The lowest BCUT2D eigenvalue weighted by atomic mass is 10.3. The van der Waals surface area contributed by atoms with Gasteiger partial charge in [0.25, 0.3) is 0 Å². The van der Waals surface area contributed by atoms with Gasteiger partial charge in [-0.05, 0) is 32.1 Å². The molecule has 0 amide bonds. The summed E-state index contributed by atoms with van der Waals surface area (Å²) in [6.07, 6.45) is 6.75. The minimum Gasteiger partial charge on any atom is -0.390 e. The largest absolute Gasteiger partial charge is 0.390 e. The Morgan fingerprint density at radius 1 is 1.33 bits per heavy atom. The fourth-order valence-electron chi connectivity index (χ4n) is 2.37. The number of hydrogen-bond donors (Lipinski definition) is 1. The maximum absolute atomic E-state index is 9.98. The van der Waals surface area contributed by atoms with Crippen molar-refractivity contribution < 1.29 is 9.84 Å². The van der Waals surface area contributed by atoms with Gasteiger partial charge in [-0.3, -0.25) is 0 Å². The molecule has 2 aliphatic rings. The smallest absolute Gasteiger partial charge is 0.191 e. The first kappa shape index (κ1) is 15.3. The van der Waals surface area contributed by atoms with Crippen LogP contribution in [0.4, 0.5) is 0 Å². The average molecular weight is 311 g/mol. The third kappa shape index (κ3) is 4.20. The molecule has 3 rings (SSSR count). The molecule has 0 radical (unpaired) electrons. The van der Waals surface area contributed by atoms with Crippen molar-refractivity contribution >= 4 is 11.8 Å². The summed E-state index contributed by atoms with van der Waals surface area (Å²) in [5.74, 6) is 2.44. The SMILES string of the molecule is CCCCOCC(O)CSc1nnc(C2CC2)n1C1CC1. The topological polar surface area (TPSA) is 60.2 Å². The van der Waals surface area contributed by atoms with Crippen LogP contribution in [-0.2, 0) is 4.74 Å². The summed E-state index contributed by atoms with van der Waals surface area (Å²) in [6.45, 7) is 3.29. The second kappa shape index (κ2) is 7.11. The number of aliphatic hydroxyl groups excluding tert-OH is 1. The summed E-state index contributed by atoms with van der Waals surface area (Å²) in [7, 11) is 0. The lowest BCUT2D eigenvalue weighted by Gasteiger charge is -2.12. The number of aliphatic hydroxyl groups is 1. The minimum absolute atomic E-state index is 0.417. The van der Waals surface area contributed by atoms with Crippen molar-refractivity contribution in [2.45, 2.75) is 68.7 Å². The first-order chi connectivity index (χ1) is 10.3. The molecule has 0 spiro atoms. The highest BCUT2D eigenvalue weighted by Crippen LogP contribution is 2.45. The average Bonchev–Trinajstić information content (AvgIpc) is 3.40. The van der Waals surface area contributed by atoms with Crippen molar-refractivity contribution in [1.29, 1.82) is 0 Å². The Hall–Kier alpha value is -0.590. The molecule has 0 aliphatic heterocycles. The zero-order valence-electron chi connectivity index (χ0n) is 12.7. The molecule has 118 valence electrons. The van der Waals surface area contributed by atoms with Crippen LogP contribution in [0.3, 0.4) is 0 Å². The molecule has 1 atom stereocenters. The molecule has 1 aromatic rings. The highest BCUT2D eigenvalue weighted by Gasteiger charge is 2.36. The molecule has 0 saturated heterocycles. The monoisotopic (exact) mass is 311 g/mol. The highest BCUT2D eigenvalue weighted by atomic mass is 32.2. The van der Waals surface area contributed by atoms with Gasteiger partial charge < -0.3 is 14.4 Å². The summed E-state index contributed by atoms with van der Waals surface area (Å²) < 4.78 is 7.79. The number of rotatable bonds is 10. The Kier molecular flexibility index (Phi) is 5.19. The van der Waals surface area contributed by atoms with E-state index in [9.17, 15) is 5.11 Å². The summed E-state index contributed by atoms with van der Waals surface area (Å²) in [5, 5.41) is 19.7. The third-order valence-electron chi connectivity index (χ3n) is 3.90. The molecule has 1 N–H and O–H groups in total. The Morgan fingerprint density at radius 3 is 2.81 bits per heavy atom. The van der Waals surface area contributed by atoms with Crippen molar-refractivity contribution in [2.24, 2.45) is 0 Å². The van der Waals surface area contributed by atoms with E-state index in [1.807, 2.05) is 0 Å². The molecule has 21 heavy (non-hydrogen) atoms. The second-order valence-electron chi connectivity index (χ2n) is 6.11. The number of ether oxygens (including phenoxy) is 1. The molecule has 1 heterocycles. The van der Waals surface area contributed by atoms with E-state index in [2.05, 4.69) is 21.7 Å². The van der Waals surface area contributed by atoms with Crippen molar-refractivity contribution in [3.63, 3.8) is 0 Å². The van der Waals surface area contributed by atoms with Crippen molar-refractivity contribution in [1.82, 2.24) is 14.8 Å². The Morgan fingerprint density at radius 2 is 2.14 bits per heavy atom. The van der Waals surface area contributed by atoms with E-state index in [0.717, 1.165) is 24.6 Å². The molecule has 1 unspecified atom stereocenters. The van der Waals surface area contributed by atoms with Gasteiger partial charge in [0, 0.05) is 24.3 Å². The number of thioether (sulfide) groups is 1. The minimum atomic E-state index is -0.430. The van der Waals surface area contributed by atoms with E-state index < -0.39 is 6.10 Å². The van der Waals surface area contributed by atoms with Gasteiger partial charge in [0.2, 0.25) is 0 Å². The van der Waals surface area contributed by atoms with Crippen LogP contribution in [0.5, 0.6) is 0 Å². The highest BCUT2D eigenvalue weighted by molar-refractivity contribution is 7.99. The maximum atomic E-state index is 9.98. The lowest BCUT2D eigenvalue weighted by Crippen LogP contribution is -2.18. The van der Waals surface area contributed by atoms with Crippen LogP contribution in [0.1, 0.15) is 63.2 Å². The molecule has 0 aromatic carbocycles. The van der Waals surface area contributed by atoms with E-state index in [1.165, 1.54) is 31.5 Å². The number of unbranched alkanes of at least 4 members (excludes halogenated alkanes) is 1. The Balaban J connectivity index is 1.48. The fourth-order valence-corrected chi connectivity index (χ4v) is 3.29. The number of aromatic nitrogens is 3. The first-order valence-electron chi connectivity index (χ1n) is 8.13. The number of nitrogens with zero attached hydrogens (tertiary/aromatic N) is 3. The predicted molar refractivity (Wildman–Crippen MR) is 82.7 cm³/mol. The second-order valence-corrected chi connectivity index (χ2v) is 7.10. The summed E-state index contributed by atoms with van der Waals surface area (Å²) in [6, 6.07) is 0.607. The van der Waals surface area contributed by atoms with Crippen LogP contribution in [0.25, 0.3) is 0 Å². The van der Waals surface area contributed by atoms with E-state index >= 15 is 0 Å². The van der Waals surface area contributed by atoms with Crippen LogP contribution in [0.15, 0.2) is 5.16 Å². The summed E-state index contributed by atoms with van der Waals surface area (Å²) >= 11 is 1.61. The molecule has 2 fully saturated rings. The van der Waals surface area contributed by atoms with E-state index in [4.69, 9.17) is 4.74 Å². The van der Waals surface area contributed by atoms with E-state index in [-0.39, 0.29) is 0 Å². The van der Waals surface area contributed by atoms with Gasteiger partial charge in [0.05, 0.1) is 12.7 Å². The van der Waals surface area contributed by atoms with Gasteiger partial charge in [-0.1, -0.05) is 25.1 Å². The predicted octanol–water partition coefficient (Wildman–Crippen LogP) is 2.76. The molecular weight excluding hydrogens is 286 g/mol. The first-order valence-corrected chi connectivity index (χ1v) is 9.11. The zero-order chi connectivity index (χ0) is 14.7. The number of hydrogen-bond acceptors (Lipinski definition) is 5. The lowest BCUT2D eigenvalue weighted by molar-refractivity contribution is 0.0473. The van der Waals surface area contributed by atoms with Gasteiger partial charge in [-0.15, -0.1) is 10.2 Å². The molecule has 5 nitrogen and oxygen atoms in total. The molecule has 1 aromatic heterocycles. The van der Waals surface area contributed by atoms with Gasteiger partial charge >= 0.3 is 0 Å². The van der Waals surface area contributed by atoms with Crippen LogP contribution in [-0.4, -0.2) is 44.9 Å². The van der Waals surface area contributed by atoms with Crippen LogP contribution in [0.2, 0.25) is 0 Å². The standard InChI is InChI=1S/C15H25N3O2S/c1-2-3-8-20-9-13(19)10-21-15-17-16-14(11-4-5-11)18(15)12-6-7-12/h11-13,19H,2-10H2,1H3. The van der Waals surface area contributed by atoms with Crippen LogP contribution in [0, 0.1) is 0 Å². The Labute approximate surface area is 130 Å². The van der Waals surface area contributed by atoms with Gasteiger partial charge in [0.15, 0.2) is 5.16 Å².